The second kappa shape index (κ2) is 21.0. The van der Waals surface area contributed by atoms with Gasteiger partial charge in [0.15, 0.2) is 0 Å². The van der Waals surface area contributed by atoms with E-state index in [0.29, 0.717) is 12.5 Å². The normalized spacial score (nSPS) is 44.5. The molecule has 70 heavy (non-hydrogen) atoms. The second-order valence-electron chi connectivity index (χ2n) is 24.0. The van der Waals surface area contributed by atoms with E-state index < -0.39 is 76.4 Å². The first-order valence-electron chi connectivity index (χ1n) is 29.4. The summed E-state index contributed by atoms with van der Waals surface area (Å²) in [4.78, 5) is 12.7. The summed E-state index contributed by atoms with van der Waals surface area (Å²) in [7, 11) is -32.7. The Kier molecular flexibility index (Phi) is 15.4. The number of esters is 1. The lowest BCUT2D eigenvalue weighted by Crippen LogP contribution is -2.91. The van der Waals surface area contributed by atoms with Crippen LogP contribution < -0.4 is 0 Å². The zero-order valence-electron chi connectivity index (χ0n) is 42.4. The lowest BCUT2D eigenvalue weighted by atomic mass is 10.0. The van der Waals surface area contributed by atoms with Crippen molar-refractivity contribution in [2.24, 2.45) is 0 Å². The van der Waals surface area contributed by atoms with E-state index in [4.69, 9.17) is 54.1 Å². The molecule has 0 N–H and O–H groups in total. The van der Waals surface area contributed by atoms with Gasteiger partial charge in [0.1, 0.15) is 0 Å². The van der Waals surface area contributed by atoms with Crippen molar-refractivity contribution in [3.8, 4) is 0 Å². The highest BCUT2D eigenvalue weighted by Gasteiger charge is 2.88. The third kappa shape index (κ3) is 9.57. The van der Waals surface area contributed by atoms with Crippen LogP contribution >= 0.6 is 0 Å². The highest BCUT2D eigenvalue weighted by Crippen LogP contribution is 2.65. The largest absolute Gasteiger partial charge is 0.482 e. The molecule has 6 aliphatic heterocycles. The molecule has 0 radical (unpaired) electrons. The van der Waals surface area contributed by atoms with Crippen LogP contribution in [-0.4, -0.2) is 83.0 Å². The summed E-state index contributed by atoms with van der Waals surface area (Å²) in [6.45, 7) is 3.88. The standard InChI is InChI=1S/C48H86O14Si8/c1-2-48(49)50-39-24-40-63-51-64(41-25-10-3-11-26-41)54-67(44-31-16-6-17-32-44)56-65(52-63,42-27-12-4-13-28-42)58-69(46-35-20-8-21-36-46)59-66(53-63,43-29-14-5-15-30-43)57-68(55-64,45-33-18-7-19-34-45)61-70(60-67,62-69)47-37-22-9-23-38-47/h2,41-47H,1,3-40H2. The minimum atomic E-state index is -4.17. The molecule has 0 spiro atoms. The van der Waals surface area contributed by atoms with Crippen molar-refractivity contribution in [2.45, 2.75) is 276 Å². The molecule has 6 saturated heterocycles. The van der Waals surface area contributed by atoms with Crippen LogP contribution in [0.25, 0.3) is 0 Å². The molecule has 0 amide bonds. The van der Waals surface area contributed by atoms with Crippen molar-refractivity contribution in [3.05, 3.63) is 12.7 Å². The molecule has 22 heteroatoms. The van der Waals surface area contributed by atoms with Gasteiger partial charge in [0.05, 0.1) is 6.61 Å². The van der Waals surface area contributed by atoms with Gasteiger partial charge in [-0.3, -0.25) is 0 Å². The Bertz CT molecular complexity index is 1640. The molecule has 6 heterocycles. The molecule has 0 aromatic carbocycles. The third-order valence-corrected chi connectivity index (χ3v) is 58.9. The van der Waals surface area contributed by atoms with E-state index in [1.165, 1.54) is 31.8 Å². The number of ether oxygens (including phenoxy) is 1. The molecule has 8 bridgehead atoms. The van der Waals surface area contributed by atoms with Crippen LogP contribution in [0.2, 0.25) is 44.8 Å². The summed E-state index contributed by atoms with van der Waals surface area (Å²) in [5.41, 5.74) is -0.0946. The second-order valence-corrected chi connectivity index (χ2v) is 49.8. The summed E-state index contributed by atoms with van der Waals surface area (Å²) < 4.78 is 109. The Balaban J connectivity index is 1.17. The highest BCUT2D eigenvalue weighted by atomic mass is 28.6. The number of rotatable bonds is 12. The van der Waals surface area contributed by atoms with Crippen molar-refractivity contribution >= 4 is 76.4 Å². The Labute approximate surface area is 428 Å². The Morgan fingerprint density at radius 2 is 0.543 bits per heavy atom. The first kappa shape index (κ1) is 51.2. The number of carbonyl (C=O) groups is 1. The summed E-state index contributed by atoms with van der Waals surface area (Å²) >= 11 is 0. The minimum absolute atomic E-state index is 0.00114. The summed E-state index contributed by atoms with van der Waals surface area (Å²) in [5.74, 6) is -0.442. The van der Waals surface area contributed by atoms with Crippen LogP contribution in [-0.2, 0) is 58.9 Å². The Morgan fingerprint density at radius 1 is 0.343 bits per heavy atom. The maximum Gasteiger partial charge on any atom is 0.482 e. The summed E-state index contributed by atoms with van der Waals surface area (Å²) in [6.07, 6.45) is 38.1. The van der Waals surface area contributed by atoms with Crippen molar-refractivity contribution in [2.75, 3.05) is 6.61 Å². The Hall–Kier alpha value is 0.465. The van der Waals surface area contributed by atoms with Gasteiger partial charge in [0, 0.05) is 50.9 Å². The average molecular weight is 1110 g/mol. The van der Waals surface area contributed by atoms with E-state index in [-0.39, 0.29) is 45.4 Å². The van der Waals surface area contributed by atoms with Crippen molar-refractivity contribution in [1.29, 1.82) is 0 Å². The molecule has 0 aromatic heterocycles. The fourth-order valence-electron chi connectivity index (χ4n) is 15.6. The summed E-state index contributed by atoms with van der Waals surface area (Å²) in [5, 5.41) is 0. The van der Waals surface area contributed by atoms with Gasteiger partial charge in [-0.05, 0) is 96.3 Å². The van der Waals surface area contributed by atoms with Crippen molar-refractivity contribution in [3.63, 3.8) is 0 Å². The van der Waals surface area contributed by atoms with E-state index in [1.807, 2.05) is 0 Å². The quantitative estimate of drug-likeness (QED) is 0.0793. The molecule has 14 nitrogen and oxygen atoms in total. The van der Waals surface area contributed by atoms with Crippen LogP contribution in [0.15, 0.2) is 12.7 Å². The monoisotopic (exact) mass is 1110 g/mol. The molecule has 13 rings (SSSR count). The van der Waals surface area contributed by atoms with E-state index in [9.17, 15) is 4.79 Å². The molecule has 7 saturated carbocycles. The van der Waals surface area contributed by atoms with Crippen LogP contribution in [0.4, 0.5) is 0 Å². The van der Waals surface area contributed by atoms with Gasteiger partial charge in [-0.2, -0.15) is 0 Å². The zero-order chi connectivity index (χ0) is 47.4. The lowest BCUT2D eigenvalue weighted by molar-refractivity contribution is -0.137. The molecule has 0 atom stereocenters. The molecule has 394 valence electrons. The van der Waals surface area contributed by atoms with Gasteiger partial charge in [-0.1, -0.05) is 141 Å². The first-order valence-corrected chi connectivity index (χ1v) is 43.9. The van der Waals surface area contributed by atoms with Crippen LogP contribution in [0.5, 0.6) is 0 Å². The van der Waals surface area contributed by atoms with Gasteiger partial charge in [0.2, 0.25) is 0 Å². The van der Waals surface area contributed by atoms with Crippen molar-refractivity contribution in [1.82, 2.24) is 0 Å². The SMILES string of the molecule is C=CC(=O)OCCC[Si]12O[Si]3(C4CCCCC4)O[Si]4(C5CCCCC5)O[Si](C5CCCCC5)(O1)O[Si]1(C5CCCCC5)O[Si](C5CCCCC5)(O2)O[Si](C2CCCCC2)(O3)O[Si](C2CCCCC2)(O4)O1. The van der Waals surface area contributed by atoms with Gasteiger partial charge in [-0.25, -0.2) is 4.79 Å². The van der Waals surface area contributed by atoms with Gasteiger partial charge < -0.3 is 54.1 Å². The third-order valence-electron chi connectivity index (χ3n) is 19.2. The molecular weight excluding hydrogens is 1030 g/mol. The highest BCUT2D eigenvalue weighted by molar-refractivity contribution is 7.04. The fraction of sp³-hybridized carbons (Fsp3) is 0.938. The maximum absolute atomic E-state index is 12.7. The molecule has 13 aliphatic rings. The van der Waals surface area contributed by atoms with Gasteiger partial charge in [0.25, 0.3) is 0 Å². The van der Waals surface area contributed by atoms with Gasteiger partial charge >= 0.3 is 76.4 Å². The van der Waals surface area contributed by atoms with E-state index in [2.05, 4.69) is 6.58 Å². The van der Waals surface area contributed by atoms with Gasteiger partial charge in [-0.15, -0.1) is 0 Å². The van der Waals surface area contributed by atoms with E-state index in [0.717, 1.165) is 199 Å². The van der Waals surface area contributed by atoms with Crippen molar-refractivity contribution < 1.29 is 58.9 Å². The molecule has 13 fully saturated rings. The predicted octanol–water partition coefficient (Wildman–Crippen LogP) is 13.2. The number of hydrogen-bond acceptors (Lipinski definition) is 14. The van der Waals surface area contributed by atoms with E-state index in [1.54, 1.807) is 0 Å². The predicted molar refractivity (Wildman–Crippen MR) is 277 cm³/mol. The first-order chi connectivity index (χ1) is 34.2. The fourth-order valence-corrected chi connectivity index (χ4v) is 71.6. The maximum atomic E-state index is 12.7. The van der Waals surface area contributed by atoms with Crippen LogP contribution in [0.1, 0.15) is 231 Å². The average Bonchev–Trinajstić information content (AvgIpc) is 3.39. The molecule has 7 aliphatic carbocycles. The number of carbonyl (C=O) groups excluding carboxylic acids is 1. The zero-order valence-corrected chi connectivity index (χ0v) is 50.4. The molecular formula is C48H86O14Si8. The summed E-state index contributed by atoms with van der Waals surface area (Å²) in [6, 6.07) is 0.366. The lowest BCUT2D eigenvalue weighted by Gasteiger charge is -2.68. The smallest absolute Gasteiger partial charge is 0.463 e. The Morgan fingerprint density at radius 3 is 0.743 bits per heavy atom. The van der Waals surface area contributed by atoms with Crippen LogP contribution in [0.3, 0.4) is 0 Å². The molecule has 0 unspecified atom stereocenters. The van der Waals surface area contributed by atoms with Crippen LogP contribution in [0, 0.1) is 0 Å². The number of hydrogen-bond donors (Lipinski definition) is 0. The topological polar surface area (TPSA) is 137 Å². The minimum Gasteiger partial charge on any atom is -0.463 e. The van der Waals surface area contributed by atoms with E-state index >= 15 is 0 Å². The molecule has 0 aromatic rings.